The van der Waals surface area contributed by atoms with Gasteiger partial charge in [0.15, 0.2) is 5.60 Å². The van der Waals surface area contributed by atoms with Gasteiger partial charge in [-0.25, -0.2) is 13.2 Å². The zero-order valence-corrected chi connectivity index (χ0v) is 36.2. The van der Waals surface area contributed by atoms with E-state index in [1.165, 1.54) is 21.1 Å². The standard InChI is InChI=1S/C42H57F2N5O10S/c1-9-25(4)48(38(53)54)33-26(10-2)19-24(3)13-11-12-14-28-22-41(28,37(52)47-60(55,56)39(5)17-18-39)46-34(50)31-23-40(6,42(43,44)49(31)36(33)51)59-35-30-16-15-29(57-7)20-27(30)21-32(45-35)58-8/h12,14-16,20-21,24-26,28,31,33H,9-11,13,17-19,22-23H2,1-8H3,(H,46,50)(H,47,52)(H,53,54)/b14-12-/t24-,25?,26-,28-,31+,33+,40-,41-/m1/s1. The number of amides is 4. The summed E-state index contributed by atoms with van der Waals surface area (Å²) in [6.45, 7) is 9.57. The third kappa shape index (κ3) is 7.95. The Kier molecular flexibility index (Phi) is 12.1. The monoisotopic (exact) mass is 861 g/mol. The number of rotatable bonds is 11. The first kappa shape index (κ1) is 44.8. The summed E-state index contributed by atoms with van der Waals surface area (Å²) in [5.74, 6) is -4.83. The molecule has 2 saturated carbocycles. The molecule has 6 rings (SSSR count). The van der Waals surface area contributed by atoms with Gasteiger partial charge >= 0.3 is 12.1 Å². The lowest BCUT2D eigenvalue weighted by atomic mass is 9.83. The van der Waals surface area contributed by atoms with Gasteiger partial charge in [-0.15, -0.1) is 0 Å². The first-order chi connectivity index (χ1) is 28.1. The van der Waals surface area contributed by atoms with Gasteiger partial charge in [0.25, 0.3) is 11.8 Å². The number of allylic oxidation sites excluding steroid dienone is 1. The second kappa shape index (κ2) is 16.3. The molecule has 60 heavy (non-hydrogen) atoms. The minimum absolute atomic E-state index is 0.0146. The molecule has 3 heterocycles. The number of nitrogens with zero attached hydrogens (tertiary/aromatic N) is 3. The number of sulfonamides is 1. The number of fused-ring (bicyclic) bond motifs is 3. The Morgan fingerprint density at radius 3 is 2.42 bits per heavy atom. The van der Waals surface area contributed by atoms with Crippen molar-refractivity contribution in [2.75, 3.05) is 14.2 Å². The predicted octanol–water partition coefficient (Wildman–Crippen LogP) is 6.01. The largest absolute Gasteiger partial charge is 0.497 e. The minimum Gasteiger partial charge on any atom is -0.497 e. The smallest absolute Gasteiger partial charge is 0.408 e. The Labute approximate surface area is 349 Å². The van der Waals surface area contributed by atoms with Gasteiger partial charge in [-0.2, -0.15) is 13.8 Å². The number of hydrogen-bond acceptors (Lipinski definition) is 10. The molecule has 1 saturated heterocycles. The summed E-state index contributed by atoms with van der Waals surface area (Å²) in [4.78, 5) is 62.6. The number of carbonyl (C=O) groups excluding carboxylic acids is 3. The summed E-state index contributed by atoms with van der Waals surface area (Å²) in [6.07, 6.45) is 3.79. The average molecular weight is 862 g/mol. The van der Waals surface area contributed by atoms with E-state index in [9.17, 15) is 27.9 Å². The number of pyridine rings is 1. The topological polar surface area (TPSA) is 194 Å². The van der Waals surface area contributed by atoms with Crippen LogP contribution in [0.5, 0.6) is 17.5 Å². The number of carboxylic acid groups (broad SMARTS) is 1. The molecule has 2 aromatic rings. The lowest BCUT2D eigenvalue weighted by molar-refractivity contribution is -0.219. The summed E-state index contributed by atoms with van der Waals surface area (Å²) in [6, 6.07) is -2.44. The molecule has 8 atom stereocenters. The van der Waals surface area contributed by atoms with Crippen LogP contribution in [0.3, 0.4) is 0 Å². The van der Waals surface area contributed by atoms with E-state index < -0.39 is 92.2 Å². The lowest BCUT2D eigenvalue weighted by Crippen LogP contribution is -2.65. The van der Waals surface area contributed by atoms with Crippen molar-refractivity contribution in [2.24, 2.45) is 17.8 Å². The van der Waals surface area contributed by atoms with Gasteiger partial charge < -0.3 is 24.6 Å². The van der Waals surface area contributed by atoms with Crippen LogP contribution in [0.2, 0.25) is 0 Å². The van der Waals surface area contributed by atoms with Crippen molar-refractivity contribution in [1.82, 2.24) is 24.8 Å². The number of carbonyl (C=O) groups is 4. The van der Waals surface area contributed by atoms with Crippen molar-refractivity contribution < 1.29 is 55.7 Å². The molecular weight excluding hydrogens is 805 g/mol. The predicted molar refractivity (Wildman–Crippen MR) is 217 cm³/mol. The third-order valence-corrected chi connectivity index (χ3v) is 15.4. The van der Waals surface area contributed by atoms with Gasteiger partial charge in [0.1, 0.15) is 23.4 Å². The van der Waals surface area contributed by atoms with Crippen LogP contribution in [0.1, 0.15) is 99.3 Å². The van der Waals surface area contributed by atoms with Crippen LogP contribution in [0, 0.1) is 17.8 Å². The van der Waals surface area contributed by atoms with Crippen LogP contribution < -0.4 is 24.2 Å². The van der Waals surface area contributed by atoms with Crippen molar-refractivity contribution in [3.05, 3.63) is 36.4 Å². The molecule has 0 bridgehead atoms. The number of methoxy groups -OCH3 is 2. The summed E-state index contributed by atoms with van der Waals surface area (Å²) >= 11 is 0. The zero-order valence-electron chi connectivity index (χ0n) is 35.4. The molecule has 3 N–H and O–H groups in total. The van der Waals surface area contributed by atoms with E-state index in [0.29, 0.717) is 43.2 Å². The van der Waals surface area contributed by atoms with Crippen LogP contribution in [0.15, 0.2) is 36.4 Å². The number of aromatic nitrogens is 1. The number of alkyl halides is 2. The van der Waals surface area contributed by atoms with Gasteiger partial charge in [0, 0.05) is 29.8 Å². The van der Waals surface area contributed by atoms with Gasteiger partial charge in [-0.1, -0.05) is 39.3 Å². The molecule has 0 radical (unpaired) electrons. The van der Waals surface area contributed by atoms with E-state index in [2.05, 4.69) is 15.0 Å². The highest BCUT2D eigenvalue weighted by atomic mass is 32.2. The Balaban J connectivity index is 1.51. The molecule has 4 aliphatic rings. The van der Waals surface area contributed by atoms with Crippen LogP contribution >= 0.6 is 0 Å². The molecule has 330 valence electrons. The van der Waals surface area contributed by atoms with E-state index in [-0.39, 0.29) is 47.2 Å². The summed E-state index contributed by atoms with van der Waals surface area (Å²) in [5, 5.41) is 14.0. The van der Waals surface area contributed by atoms with Crippen molar-refractivity contribution in [3.63, 3.8) is 0 Å². The molecule has 2 aliphatic heterocycles. The second-order valence-electron chi connectivity index (χ2n) is 17.4. The molecule has 15 nitrogen and oxygen atoms in total. The number of halogens is 2. The highest BCUT2D eigenvalue weighted by Crippen LogP contribution is 2.52. The minimum atomic E-state index is -4.31. The molecule has 4 amide bonds. The maximum absolute atomic E-state index is 17.8. The molecular formula is C42H57F2N5O10S. The highest BCUT2D eigenvalue weighted by Gasteiger charge is 2.71. The molecule has 1 aromatic heterocycles. The second-order valence-corrected chi connectivity index (χ2v) is 19.6. The summed E-state index contributed by atoms with van der Waals surface area (Å²) in [7, 11) is -1.38. The van der Waals surface area contributed by atoms with Crippen LogP contribution in [-0.4, -0.2) is 106 Å². The van der Waals surface area contributed by atoms with E-state index in [1.807, 2.05) is 13.0 Å². The van der Waals surface area contributed by atoms with Crippen molar-refractivity contribution in [1.29, 1.82) is 0 Å². The number of ether oxygens (including phenoxy) is 3. The van der Waals surface area contributed by atoms with Crippen LogP contribution in [-0.2, 0) is 24.4 Å². The molecule has 1 aromatic carbocycles. The van der Waals surface area contributed by atoms with Crippen LogP contribution in [0.4, 0.5) is 13.6 Å². The van der Waals surface area contributed by atoms with Crippen molar-refractivity contribution in [2.45, 2.75) is 139 Å². The fourth-order valence-corrected chi connectivity index (χ4v) is 9.98. The molecule has 18 heteroatoms. The molecule has 1 unspecified atom stereocenters. The normalized spacial score (nSPS) is 31.0. The van der Waals surface area contributed by atoms with Gasteiger partial charge in [-0.05, 0) is 101 Å². The van der Waals surface area contributed by atoms with E-state index >= 15 is 13.6 Å². The Bertz CT molecular complexity index is 2160. The average Bonchev–Trinajstić information content (AvgIpc) is 4.10. The van der Waals surface area contributed by atoms with Gasteiger partial charge in [-0.3, -0.25) is 28.9 Å². The first-order valence-electron chi connectivity index (χ1n) is 20.6. The number of hydrogen-bond donors (Lipinski definition) is 3. The highest BCUT2D eigenvalue weighted by molar-refractivity contribution is 7.91. The maximum atomic E-state index is 17.8. The molecule has 3 fully saturated rings. The number of nitrogens with one attached hydrogen (secondary N) is 2. The van der Waals surface area contributed by atoms with Crippen molar-refractivity contribution in [3.8, 4) is 17.5 Å². The maximum Gasteiger partial charge on any atom is 0.408 e. The Morgan fingerprint density at radius 2 is 1.82 bits per heavy atom. The van der Waals surface area contributed by atoms with E-state index in [1.54, 1.807) is 51.1 Å². The fraction of sp³-hybridized carbons (Fsp3) is 0.643. The Morgan fingerprint density at radius 1 is 1.12 bits per heavy atom. The van der Waals surface area contributed by atoms with Crippen molar-refractivity contribution >= 4 is 44.6 Å². The lowest BCUT2D eigenvalue weighted by Gasteiger charge is -2.43. The van der Waals surface area contributed by atoms with E-state index in [0.717, 1.165) is 11.8 Å². The van der Waals surface area contributed by atoms with Gasteiger partial charge in [0.2, 0.25) is 27.7 Å². The quantitative estimate of drug-likeness (QED) is 0.177. The third-order valence-electron chi connectivity index (χ3n) is 13.2. The summed E-state index contributed by atoms with van der Waals surface area (Å²) < 4.78 is 80.1. The number of benzene rings is 1. The molecule has 0 spiro atoms. The summed E-state index contributed by atoms with van der Waals surface area (Å²) in [5.41, 5.74) is -4.53. The van der Waals surface area contributed by atoms with Crippen LogP contribution in [0.25, 0.3) is 10.8 Å². The van der Waals surface area contributed by atoms with E-state index in [4.69, 9.17) is 14.2 Å². The first-order valence-corrected chi connectivity index (χ1v) is 22.1. The SMILES string of the molecule is CCC(C)N(C(=O)O)[C@@H]1C(=O)N2[C@@H](C[C@@](C)(Oc3nc(OC)cc4cc(OC)ccc34)C2(F)F)C(=O)N[C@]2(C(=O)NS(=O)(=O)C3(C)CC3)C[C@H]2/C=C\CC[C@@H](C)C[C@H]1CC. The fourth-order valence-electron chi connectivity index (χ4n) is 8.67. The Hall–Kier alpha value is -4.74. The molecule has 2 aliphatic carbocycles. The zero-order chi connectivity index (χ0) is 44.2. The van der Waals surface area contributed by atoms with Gasteiger partial charge in [0.05, 0.1) is 19.0 Å².